The van der Waals surface area contributed by atoms with E-state index in [1.54, 1.807) is 70.1 Å². The lowest BCUT2D eigenvalue weighted by atomic mass is 10.1. The first-order chi connectivity index (χ1) is 30.2. The number of benzene rings is 2. The number of nitrogens with one attached hydrogen (secondary N) is 1. The average molecular weight is 906 g/mol. The molecule has 0 unspecified atom stereocenters. The predicted molar refractivity (Wildman–Crippen MR) is 231 cm³/mol. The summed E-state index contributed by atoms with van der Waals surface area (Å²) in [7, 11) is 0. The van der Waals surface area contributed by atoms with Gasteiger partial charge in [-0.05, 0) is 101 Å². The van der Waals surface area contributed by atoms with Crippen molar-refractivity contribution in [2.24, 2.45) is 0 Å². The van der Waals surface area contributed by atoms with Gasteiger partial charge in [-0.15, -0.1) is 0 Å². The Hall–Kier alpha value is -6.86. The first kappa shape index (κ1) is 45.7. The molecule has 0 aliphatic carbocycles. The summed E-state index contributed by atoms with van der Waals surface area (Å²) in [6, 6.07) is 14.3. The molecule has 1 amide bonds. The summed E-state index contributed by atoms with van der Waals surface area (Å²) in [5, 5.41) is 41.5. The molecule has 17 nitrogen and oxygen atoms in total. The Bertz CT molecular complexity index is 2670. The minimum atomic E-state index is -0.923. The smallest absolute Gasteiger partial charge is 0.325 e. The Morgan fingerprint density at radius 3 is 1.70 bits per heavy atom. The quantitative estimate of drug-likeness (QED) is 0.146. The van der Waals surface area contributed by atoms with E-state index in [2.05, 4.69) is 30.8 Å². The van der Waals surface area contributed by atoms with Crippen LogP contribution in [0.4, 0.5) is 20.2 Å². The van der Waals surface area contributed by atoms with Crippen molar-refractivity contribution in [3.05, 3.63) is 136 Å². The van der Waals surface area contributed by atoms with Gasteiger partial charge in [0.15, 0.2) is 0 Å². The van der Waals surface area contributed by atoms with E-state index in [1.165, 1.54) is 45.5 Å². The summed E-state index contributed by atoms with van der Waals surface area (Å²) in [6.45, 7) is 6.93. The number of fused-ring (bicyclic) bond motifs is 2. The molecule has 63 heavy (non-hydrogen) atoms. The lowest BCUT2D eigenvalue weighted by molar-refractivity contribution is -0.139. The molecule has 0 spiro atoms. The fourth-order valence-electron chi connectivity index (χ4n) is 6.66. The van der Waals surface area contributed by atoms with Gasteiger partial charge in [0.05, 0.1) is 80.4 Å². The molecule has 0 saturated carbocycles. The molecular formula is C42H44Cl2F2N12O5. The molecule has 0 atom stereocenters. The number of anilines is 2. The molecule has 2 aliphatic rings. The van der Waals surface area contributed by atoms with Crippen molar-refractivity contribution in [3.8, 4) is 11.4 Å². The summed E-state index contributed by atoms with van der Waals surface area (Å²) in [5.74, 6) is -2.37. The normalized spacial score (nSPS) is 12.6. The van der Waals surface area contributed by atoms with Crippen LogP contribution >= 0.6 is 23.2 Å². The number of aromatic nitrogens is 10. The maximum Gasteiger partial charge on any atom is 0.325 e. The van der Waals surface area contributed by atoms with Gasteiger partial charge >= 0.3 is 11.9 Å². The largest absolute Gasteiger partial charge is 0.480 e. The molecule has 5 aromatic heterocycles. The summed E-state index contributed by atoms with van der Waals surface area (Å²) in [6.07, 6.45) is 11.8. The van der Waals surface area contributed by atoms with Crippen LogP contribution in [0.1, 0.15) is 41.3 Å². The van der Waals surface area contributed by atoms with Crippen LogP contribution in [-0.2, 0) is 46.9 Å². The molecular weight excluding hydrogens is 861 g/mol. The van der Waals surface area contributed by atoms with Crippen molar-refractivity contribution in [1.29, 1.82) is 0 Å². The van der Waals surface area contributed by atoms with E-state index < -0.39 is 11.9 Å². The third-order valence-electron chi connectivity index (χ3n) is 10.0. The topological polar surface area (TPSA) is 196 Å². The fourth-order valence-corrected chi connectivity index (χ4v) is 6.94. The van der Waals surface area contributed by atoms with E-state index in [4.69, 9.17) is 33.4 Å². The van der Waals surface area contributed by atoms with Crippen molar-refractivity contribution in [3.63, 3.8) is 0 Å². The van der Waals surface area contributed by atoms with Gasteiger partial charge in [-0.25, -0.2) is 18.1 Å². The molecule has 0 bridgehead atoms. The van der Waals surface area contributed by atoms with Gasteiger partial charge in [0.2, 0.25) is 5.91 Å². The van der Waals surface area contributed by atoms with E-state index in [9.17, 15) is 23.2 Å². The van der Waals surface area contributed by atoms with Crippen LogP contribution in [0.2, 0.25) is 10.0 Å². The summed E-state index contributed by atoms with van der Waals surface area (Å²) in [4.78, 5) is 34.9. The fraction of sp³-hybridized carbons (Fsp3) is 0.286. The van der Waals surface area contributed by atoms with Crippen LogP contribution in [0.3, 0.4) is 0 Å². The van der Waals surface area contributed by atoms with Crippen molar-refractivity contribution in [2.45, 2.75) is 66.1 Å². The predicted octanol–water partition coefficient (Wildman–Crippen LogP) is 6.72. The second kappa shape index (κ2) is 20.8. The molecule has 0 radical (unpaired) electrons. The number of carbonyl (C=O) groups excluding carboxylic acids is 1. The number of rotatable bonds is 8. The Kier molecular flexibility index (Phi) is 15.1. The highest BCUT2D eigenvalue weighted by Crippen LogP contribution is 2.30. The molecule has 0 fully saturated rings. The van der Waals surface area contributed by atoms with Crippen LogP contribution in [0.5, 0.6) is 0 Å². The van der Waals surface area contributed by atoms with Gasteiger partial charge in [-0.1, -0.05) is 23.2 Å². The van der Waals surface area contributed by atoms with E-state index in [0.29, 0.717) is 22.3 Å². The van der Waals surface area contributed by atoms with Gasteiger partial charge in [0.25, 0.3) is 0 Å². The minimum absolute atomic E-state index is 0.0567. The highest BCUT2D eigenvalue weighted by molar-refractivity contribution is 6.31. The van der Waals surface area contributed by atoms with E-state index in [1.807, 2.05) is 24.7 Å². The number of hydrogen-bond acceptors (Lipinski definition) is 9. The number of hydrogen-bond donors (Lipinski definition) is 3. The lowest BCUT2D eigenvalue weighted by Gasteiger charge is -2.27. The molecule has 7 aromatic rings. The number of aryl methyl sites for hydroxylation is 1. The molecule has 21 heteroatoms. The highest BCUT2D eigenvalue weighted by Gasteiger charge is 2.27. The Morgan fingerprint density at radius 2 is 1.17 bits per heavy atom. The molecule has 0 saturated heterocycles. The molecule has 2 aromatic carbocycles. The number of aliphatic carboxylic acids is 2. The van der Waals surface area contributed by atoms with Crippen LogP contribution in [0.25, 0.3) is 11.4 Å². The summed E-state index contributed by atoms with van der Waals surface area (Å²) >= 11 is 11.7. The van der Waals surface area contributed by atoms with Crippen molar-refractivity contribution >= 4 is 52.4 Å². The van der Waals surface area contributed by atoms with Crippen LogP contribution < -0.4 is 10.2 Å². The first-order valence-electron chi connectivity index (χ1n) is 19.7. The maximum absolute atomic E-state index is 13.2. The second-order valence-corrected chi connectivity index (χ2v) is 15.1. The molecule has 9 rings (SSSR count). The maximum atomic E-state index is 13.2. The molecule has 2 aliphatic heterocycles. The number of carbonyl (C=O) groups is 3. The number of carboxylic acids is 2. The van der Waals surface area contributed by atoms with Crippen LogP contribution in [0.15, 0.2) is 85.6 Å². The zero-order valence-electron chi connectivity index (χ0n) is 34.5. The number of carboxylic acid groups (broad SMARTS) is 2. The Morgan fingerprint density at radius 1 is 0.651 bits per heavy atom. The highest BCUT2D eigenvalue weighted by atomic mass is 35.5. The number of halogens is 4. The Balaban J connectivity index is 0.000000152. The van der Waals surface area contributed by atoms with Crippen molar-refractivity contribution in [1.82, 2.24) is 48.9 Å². The van der Waals surface area contributed by atoms with Gasteiger partial charge in [0.1, 0.15) is 31.3 Å². The zero-order valence-corrected chi connectivity index (χ0v) is 36.0. The van der Waals surface area contributed by atoms with Crippen molar-refractivity contribution in [2.75, 3.05) is 23.3 Å². The number of amides is 1. The minimum Gasteiger partial charge on any atom is -0.480 e. The van der Waals surface area contributed by atoms with Gasteiger partial charge < -0.3 is 20.4 Å². The van der Waals surface area contributed by atoms with E-state index in [0.717, 1.165) is 72.1 Å². The average Bonchev–Trinajstić information content (AvgIpc) is 4.11. The van der Waals surface area contributed by atoms with Gasteiger partial charge in [-0.3, -0.25) is 28.4 Å². The summed E-state index contributed by atoms with van der Waals surface area (Å²) < 4.78 is 34.0. The van der Waals surface area contributed by atoms with Gasteiger partial charge in [0, 0.05) is 25.0 Å². The lowest BCUT2D eigenvalue weighted by Crippen LogP contribution is -2.38. The second-order valence-electron chi connectivity index (χ2n) is 14.3. The summed E-state index contributed by atoms with van der Waals surface area (Å²) in [5.41, 5.74) is 8.00. The number of nitrogens with zero attached hydrogens (tertiary/aromatic N) is 11. The van der Waals surface area contributed by atoms with E-state index in [-0.39, 0.29) is 37.2 Å². The van der Waals surface area contributed by atoms with Crippen LogP contribution in [-0.4, -0.2) is 90.1 Å². The van der Waals surface area contributed by atoms with Gasteiger partial charge in [-0.2, -0.15) is 25.5 Å². The van der Waals surface area contributed by atoms with Crippen LogP contribution in [0, 0.1) is 32.4 Å². The monoisotopic (exact) mass is 904 g/mol. The third kappa shape index (κ3) is 11.5. The zero-order chi connectivity index (χ0) is 45.2. The Labute approximate surface area is 370 Å². The molecule has 3 N–H and O–H groups in total. The van der Waals surface area contributed by atoms with Crippen molar-refractivity contribution < 1.29 is 33.4 Å². The van der Waals surface area contributed by atoms with E-state index >= 15 is 0 Å². The first-order valence-corrected chi connectivity index (χ1v) is 20.4. The third-order valence-corrected chi connectivity index (χ3v) is 10.8. The standard InChI is InChI=1S/C18H17ClFN5O.C12H12FN3.C6H7ClN2O2.C6H8N2O2/c1-12-15(19)9-21-24(12)11-18(26)23-8-2-3-16-17(23)10-22-25(16)14-6-4-13(20)5-7-14;13-9-3-5-10(6-4-9)16-12-2-1-7-14-11(12)8-15-16;1-4-5(7)2-8-9(4)3-6(10)11;1-5-2-3-7-8(5)4-6(9)10/h4-7,9-10H,2-3,8,11H2,1H3;3-6,8,14H,1-2,7H2;2H,3H2,1H3,(H,10,11);2-3H,4H2,1H3,(H,9,10). The SMILES string of the molecule is Cc1c(Cl)cnn1CC(=O)N1CCCc2c1cnn2-c1ccc(F)cc1.Cc1c(Cl)cnn1CC(=O)O.Cc1ccnn1CC(=O)O.Fc1ccc(-n2ncc3c2CCCN3)cc1. The molecule has 330 valence electrons. The molecule has 7 heterocycles.